The third-order valence-corrected chi connectivity index (χ3v) is 5.28. The first-order valence-corrected chi connectivity index (χ1v) is 12.8. The van der Waals surface area contributed by atoms with Gasteiger partial charge in [0.15, 0.2) is 0 Å². The van der Waals surface area contributed by atoms with E-state index in [1.54, 1.807) is 0 Å². The van der Waals surface area contributed by atoms with Gasteiger partial charge in [-0.25, -0.2) is 0 Å². The smallest absolute Gasteiger partial charge is 0.00278 e. The molecule has 0 radical (unpaired) electrons. The minimum absolute atomic E-state index is 0. The van der Waals surface area contributed by atoms with Crippen molar-refractivity contribution in [2.24, 2.45) is 0 Å². The Balaban J connectivity index is 0.00000190. The molecule has 3 aromatic carbocycles. The van der Waals surface area contributed by atoms with Crippen molar-refractivity contribution in [1.82, 2.24) is 0 Å². The lowest BCUT2D eigenvalue weighted by atomic mass is 9.84. The van der Waals surface area contributed by atoms with Crippen LogP contribution >= 0.6 is 0 Å². The van der Waals surface area contributed by atoms with Crippen LogP contribution in [0.15, 0.2) is 109 Å². The molecule has 0 heteroatoms. The zero-order valence-electron chi connectivity index (χ0n) is 23.2. The third-order valence-electron chi connectivity index (χ3n) is 5.28. The van der Waals surface area contributed by atoms with Crippen molar-refractivity contribution in [3.05, 3.63) is 142 Å². The fraction of sp³-hybridized carbons (Fsp3) is 0.278. The van der Waals surface area contributed by atoms with Gasteiger partial charge in [0.25, 0.3) is 0 Å². The summed E-state index contributed by atoms with van der Waals surface area (Å²) in [5.74, 6) is 0. The molecular weight excluding hydrogens is 432 g/mol. The van der Waals surface area contributed by atoms with Gasteiger partial charge in [-0.2, -0.15) is 0 Å². The molecule has 0 aliphatic carbocycles. The topological polar surface area (TPSA) is 0 Å². The highest BCUT2D eigenvalue weighted by Gasteiger charge is 2.16. The fourth-order valence-corrected chi connectivity index (χ4v) is 3.65. The van der Waals surface area contributed by atoms with Gasteiger partial charge in [0.05, 0.1) is 0 Å². The van der Waals surface area contributed by atoms with E-state index in [0.717, 1.165) is 22.3 Å². The molecule has 0 saturated heterocycles. The van der Waals surface area contributed by atoms with Crippen LogP contribution in [-0.2, 0) is 0 Å². The van der Waals surface area contributed by atoms with Crippen LogP contribution in [0.25, 0.3) is 11.6 Å². The molecule has 36 heavy (non-hydrogen) atoms. The summed E-state index contributed by atoms with van der Waals surface area (Å²) in [6.45, 7) is 25.5. The molecule has 0 saturated carbocycles. The molecular formula is C36H48. The molecule has 192 valence electrons. The number of aryl methyl sites for hydroxylation is 3. The molecule has 3 rings (SSSR count). The summed E-state index contributed by atoms with van der Waals surface area (Å²) in [4.78, 5) is 0. The van der Waals surface area contributed by atoms with Gasteiger partial charge >= 0.3 is 0 Å². The average Bonchev–Trinajstić information content (AvgIpc) is 2.85. The number of benzene rings is 3. The van der Waals surface area contributed by atoms with Crippen molar-refractivity contribution in [2.45, 2.75) is 69.2 Å². The maximum atomic E-state index is 4.43. The molecule has 0 N–H and O–H groups in total. The lowest BCUT2D eigenvalue weighted by Crippen LogP contribution is -2.00. The Labute approximate surface area is 222 Å². The van der Waals surface area contributed by atoms with Crippen molar-refractivity contribution < 1.29 is 0 Å². The lowest BCUT2D eigenvalue weighted by Gasteiger charge is -2.20. The highest BCUT2D eigenvalue weighted by molar-refractivity contribution is 5.89. The molecule has 0 nitrogen and oxygen atoms in total. The van der Waals surface area contributed by atoms with E-state index in [1.807, 2.05) is 13.8 Å². The third kappa shape index (κ3) is 9.70. The average molecular weight is 481 g/mol. The first kappa shape index (κ1) is 32.6. The van der Waals surface area contributed by atoms with E-state index in [4.69, 9.17) is 0 Å². The molecule has 0 unspecified atom stereocenters. The number of hydrogen-bond donors (Lipinski definition) is 0. The first-order chi connectivity index (χ1) is 16.8. The summed E-state index contributed by atoms with van der Waals surface area (Å²) in [5.41, 5.74) is 11.6. The van der Waals surface area contributed by atoms with Crippen molar-refractivity contribution in [3.63, 3.8) is 0 Å². The van der Waals surface area contributed by atoms with Crippen LogP contribution in [0.1, 0.15) is 81.8 Å². The van der Waals surface area contributed by atoms with E-state index >= 15 is 0 Å². The first-order valence-electron chi connectivity index (χ1n) is 12.8. The van der Waals surface area contributed by atoms with Crippen LogP contribution in [0.5, 0.6) is 0 Å². The highest BCUT2D eigenvalue weighted by Crippen LogP contribution is 2.36. The SMILES string of the molecule is C.C=C(C)/C(C(=C)/C=C/c1ccc(C)cc1)=C(/c1ccccc1)c1cc(C)ccc1C.CC.CCC. The minimum Gasteiger partial charge on any atom is -0.0955 e. The monoisotopic (exact) mass is 480 g/mol. The molecule has 0 amide bonds. The molecule has 0 fully saturated rings. The summed E-state index contributed by atoms with van der Waals surface area (Å²) in [7, 11) is 0. The second-order valence-electron chi connectivity index (χ2n) is 8.69. The van der Waals surface area contributed by atoms with Gasteiger partial charge in [0, 0.05) is 0 Å². The van der Waals surface area contributed by atoms with Crippen LogP contribution in [0.4, 0.5) is 0 Å². The van der Waals surface area contributed by atoms with Crippen LogP contribution in [0.2, 0.25) is 0 Å². The largest absolute Gasteiger partial charge is 0.0955 e. The Morgan fingerprint density at radius 2 is 1.31 bits per heavy atom. The Morgan fingerprint density at radius 3 is 1.83 bits per heavy atom. The van der Waals surface area contributed by atoms with Crippen LogP contribution in [-0.4, -0.2) is 0 Å². The molecule has 0 aliphatic rings. The van der Waals surface area contributed by atoms with Crippen LogP contribution in [0, 0.1) is 20.8 Å². The molecule has 0 bridgehead atoms. The Morgan fingerprint density at radius 1 is 0.778 bits per heavy atom. The maximum Gasteiger partial charge on any atom is -0.00278 e. The predicted octanol–water partition coefficient (Wildman–Crippen LogP) is 11.3. The van der Waals surface area contributed by atoms with E-state index < -0.39 is 0 Å². The molecule has 0 heterocycles. The second kappa shape index (κ2) is 17.1. The van der Waals surface area contributed by atoms with E-state index in [9.17, 15) is 0 Å². The van der Waals surface area contributed by atoms with Gasteiger partial charge in [-0.15, -0.1) is 0 Å². The summed E-state index contributed by atoms with van der Waals surface area (Å²) < 4.78 is 0. The number of rotatable bonds is 6. The van der Waals surface area contributed by atoms with Gasteiger partial charge in [-0.3, -0.25) is 0 Å². The Bertz CT molecular complexity index is 1140. The number of hydrogen-bond acceptors (Lipinski definition) is 0. The van der Waals surface area contributed by atoms with Crippen LogP contribution in [0.3, 0.4) is 0 Å². The standard InChI is InChI=1S/C30H30.C3H8.C2H6.CH4/c1-21(2)29(25(6)16-19-26-17-13-22(3)14-18-26)30(27-10-8-7-9-11-27)28-20-23(4)12-15-24(28)5;1-3-2;1-2;/h7-20H,1,6H2,2-5H3;3H2,1-2H3;1-2H3;1H4/b19-16+,30-29+;;;. The summed E-state index contributed by atoms with van der Waals surface area (Å²) >= 11 is 0. The Kier molecular flexibility index (Phi) is 15.5. The van der Waals surface area contributed by atoms with Crippen molar-refractivity contribution in [3.8, 4) is 0 Å². The summed E-state index contributed by atoms with van der Waals surface area (Å²) in [5, 5.41) is 0. The van der Waals surface area contributed by atoms with Gasteiger partial charge in [-0.1, -0.05) is 151 Å². The quantitative estimate of drug-likeness (QED) is 0.308. The van der Waals surface area contributed by atoms with Gasteiger partial charge in [0.1, 0.15) is 0 Å². The van der Waals surface area contributed by atoms with Crippen molar-refractivity contribution >= 4 is 11.6 Å². The zero-order valence-corrected chi connectivity index (χ0v) is 23.2. The molecule has 0 spiro atoms. The van der Waals surface area contributed by atoms with E-state index in [2.05, 4.69) is 140 Å². The van der Waals surface area contributed by atoms with Crippen molar-refractivity contribution in [1.29, 1.82) is 0 Å². The minimum atomic E-state index is 0. The molecule has 0 atom stereocenters. The van der Waals surface area contributed by atoms with Gasteiger partial charge in [0.2, 0.25) is 0 Å². The van der Waals surface area contributed by atoms with E-state index in [-0.39, 0.29) is 7.43 Å². The maximum absolute atomic E-state index is 4.43. The highest BCUT2D eigenvalue weighted by atomic mass is 14.2. The second-order valence-corrected chi connectivity index (χ2v) is 8.69. The van der Waals surface area contributed by atoms with Crippen molar-refractivity contribution in [2.75, 3.05) is 0 Å². The van der Waals surface area contributed by atoms with E-state index in [0.29, 0.717) is 0 Å². The Hall–Kier alpha value is -3.38. The molecule has 0 aliphatic heterocycles. The predicted molar refractivity (Wildman–Crippen MR) is 167 cm³/mol. The summed E-state index contributed by atoms with van der Waals surface area (Å²) in [6.07, 6.45) is 5.47. The van der Waals surface area contributed by atoms with Gasteiger partial charge < -0.3 is 0 Å². The van der Waals surface area contributed by atoms with Gasteiger partial charge in [-0.05, 0) is 72.2 Å². The van der Waals surface area contributed by atoms with Crippen LogP contribution < -0.4 is 0 Å². The molecule has 0 aromatic heterocycles. The number of allylic oxidation sites excluding steroid dienone is 4. The normalized spacial score (nSPS) is 10.7. The molecule has 3 aromatic rings. The fourth-order valence-electron chi connectivity index (χ4n) is 3.65. The summed E-state index contributed by atoms with van der Waals surface area (Å²) in [6, 6.07) is 25.7. The van der Waals surface area contributed by atoms with E-state index in [1.165, 1.54) is 39.8 Å². The lowest BCUT2D eigenvalue weighted by molar-refractivity contribution is 1.09. The zero-order chi connectivity index (χ0) is 26.4.